The molecular weight excluding hydrogens is 244 g/mol. The van der Waals surface area contributed by atoms with Crippen LogP contribution >= 0.6 is 11.3 Å². The van der Waals surface area contributed by atoms with E-state index in [0.717, 1.165) is 30.9 Å². The predicted molar refractivity (Wildman–Crippen MR) is 76.4 cm³/mol. The predicted octanol–water partition coefficient (Wildman–Crippen LogP) is 2.39. The van der Waals surface area contributed by atoms with Gasteiger partial charge in [0.25, 0.3) is 0 Å². The second-order valence-electron chi connectivity index (χ2n) is 4.97. The number of rotatable bonds is 6. The second kappa shape index (κ2) is 7.02. The lowest BCUT2D eigenvalue weighted by Gasteiger charge is -2.31. The van der Waals surface area contributed by atoms with Crippen molar-refractivity contribution in [1.29, 1.82) is 0 Å². The molecule has 3 nitrogen and oxygen atoms in total. The van der Waals surface area contributed by atoms with E-state index in [2.05, 4.69) is 17.3 Å². The highest BCUT2D eigenvalue weighted by Crippen LogP contribution is 2.14. The van der Waals surface area contributed by atoms with Gasteiger partial charge in [-0.3, -0.25) is 4.79 Å². The summed E-state index contributed by atoms with van der Waals surface area (Å²) in [5.74, 6) is 0.295. The number of carbonyl (C=O) groups excluding carboxylic acids is 1. The summed E-state index contributed by atoms with van der Waals surface area (Å²) in [6, 6.07) is 4.56. The van der Waals surface area contributed by atoms with Gasteiger partial charge >= 0.3 is 0 Å². The van der Waals surface area contributed by atoms with Crippen LogP contribution in [0.5, 0.6) is 0 Å². The third-order valence-electron chi connectivity index (χ3n) is 3.64. The molecule has 2 rings (SSSR count). The smallest absolute Gasteiger partial charge is 0.172 e. The van der Waals surface area contributed by atoms with Crippen LogP contribution in [-0.2, 0) is 0 Å². The molecule has 4 heteroatoms. The van der Waals surface area contributed by atoms with E-state index >= 15 is 0 Å². The van der Waals surface area contributed by atoms with Crippen molar-refractivity contribution < 1.29 is 4.79 Å². The summed E-state index contributed by atoms with van der Waals surface area (Å²) in [4.78, 5) is 15.2. The second-order valence-corrected chi connectivity index (χ2v) is 5.91. The Balaban J connectivity index is 1.67. The van der Waals surface area contributed by atoms with E-state index in [0.29, 0.717) is 18.2 Å². The Morgan fingerprint density at radius 3 is 2.94 bits per heavy atom. The van der Waals surface area contributed by atoms with Crippen LogP contribution in [0.3, 0.4) is 0 Å². The molecule has 1 aliphatic heterocycles. The first-order valence-electron chi connectivity index (χ1n) is 6.75. The van der Waals surface area contributed by atoms with Crippen molar-refractivity contribution >= 4 is 17.1 Å². The lowest BCUT2D eigenvalue weighted by molar-refractivity contribution is 0.0975. The van der Waals surface area contributed by atoms with Gasteiger partial charge in [0.05, 0.1) is 4.88 Å². The number of Topliss-reactive ketones (excluding diaryl/α,β-unsaturated/α-hetero) is 1. The van der Waals surface area contributed by atoms with Crippen molar-refractivity contribution in [1.82, 2.24) is 10.2 Å². The maximum absolute atomic E-state index is 11.8. The van der Waals surface area contributed by atoms with Crippen LogP contribution < -0.4 is 5.32 Å². The molecule has 0 saturated carbocycles. The molecule has 0 unspecified atom stereocenters. The molecule has 1 N–H and O–H groups in total. The van der Waals surface area contributed by atoms with Gasteiger partial charge < -0.3 is 10.2 Å². The largest absolute Gasteiger partial charge is 0.317 e. The summed E-state index contributed by atoms with van der Waals surface area (Å²) < 4.78 is 0. The Hall–Kier alpha value is -0.710. The van der Waals surface area contributed by atoms with Gasteiger partial charge in [-0.1, -0.05) is 6.07 Å². The van der Waals surface area contributed by atoms with E-state index in [9.17, 15) is 4.79 Å². The van der Waals surface area contributed by atoms with Crippen LogP contribution in [0.25, 0.3) is 0 Å². The lowest BCUT2D eigenvalue weighted by Crippen LogP contribution is -2.41. The molecule has 0 aromatic carbocycles. The molecule has 0 aliphatic carbocycles. The summed E-state index contributed by atoms with van der Waals surface area (Å²) in [5.41, 5.74) is 0. The fraction of sp³-hybridized carbons (Fsp3) is 0.643. The minimum atomic E-state index is 0.295. The molecular formula is C14H22N2OS. The molecule has 0 amide bonds. The van der Waals surface area contributed by atoms with Crippen LogP contribution in [0.1, 0.15) is 35.4 Å². The first kappa shape index (κ1) is 13.7. The molecule has 1 aromatic heterocycles. The Labute approximate surface area is 113 Å². The van der Waals surface area contributed by atoms with E-state index < -0.39 is 0 Å². The van der Waals surface area contributed by atoms with Crippen molar-refractivity contribution in [3.05, 3.63) is 22.4 Å². The number of thiophene rings is 1. The molecule has 1 saturated heterocycles. The quantitative estimate of drug-likeness (QED) is 0.803. The molecule has 1 aromatic rings. The van der Waals surface area contributed by atoms with Crippen molar-refractivity contribution in [3.63, 3.8) is 0 Å². The zero-order valence-electron chi connectivity index (χ0n) is 11.0. The number of hydrogen-bond acceptors (Lipinski definition) is 4. The topological polar surface area (TPSA) is 32.3 Å². The summed E-state index contributed by atoms with van der Waals surface area (Å²) in [5, 5.41) is 5.35. The van der Waals surface area contributed by atoms with Gasteiger partial charge in [0.2, 0.25) is 0 Å². The zero-order chi connectivity index (χ0) is 12.8. The van der Waals surface area contributed by atoms with Crippen molar-refractivity contribution in [2.45, 2.75) is 31.7 Å². The molecule has 0 spiro atoms. The average molecular weight is 266 g/mol. The van der Waals surface area contributed by atoms with Gasteiger partial charge in [-0.15, -0.1) is 11.3 Å². The van der Waals surface area contributed by atoms with Crippen molar-refractivity contribution in [2.75, 3.05) is 26.7 Å². The van der Waals surface area contributed by atoms with Crippen LogP contribution in [0.15, 0.2) is 17.5 Å². The number of nitrogens with one attached hydrogen (secondary N) is 1. The van der Waals surface area contributed by atoms with Crippen LogP contribution in [0.4, 0.5) is 0 Å². The average Bonchev–Trinajstić information content (AvgIpc) is 2.93. The first-order chi connectivity index (χ1) is 8.77. The third kappa shape index (κ3) is 3.90. The van der Waals surface area contributed by atoms with E-state index in [1.807, 2.05) is 17.5 Å². The summed E-state index contributed by atoms with van der Waals surface area (Å²) in [7, 11) is 2.19. The van der Waals surface area contributed by atoms with E-state index in [4.69, 9.17) is 0 Å². The van der Waals surface area contributed by atoms with Crippen molar-refractivity contribution in [3.8, 4) is 0 Å². The SMILES string of the molecule is CN(CCCC(=O)c1cccs1)C1CCNCC1. The van der Waals surface area contributed by atoms with Gasteiger partial charge in [0.1, 0.15) is 0 Å². The Morgan fingerprint density at radius 2 is 2.28 bits per heavy atom. The minimum absolute atomic E-state index is 0.295. The molecule has 18 heavy (non-hydrogen) atoms. The minimum Gasteiger partial charge on any atom is -0.317 e. The highest BCUT2D eigenvalue weighted by atomic mass is 32.1. The van der Waals surface area contributed by atoms with Gasteiger partial charge in [-0.05, 0) is 57.4 Å². The van der Waals surface area contributed by atoms with Crippen LogP contribution in [0, 0.1) is 0 Å². The van der Waals surface area contributed by atoms with E-state index in [1.165, 1.54) is 12.8 Å². The van der Waals surface area contributed by atoms with E-state index in [1.54, 1.807) is 11.3 Å². The van der Waals surface area contributed by atoms with E-state index in [-0.39, 0.29) is 0 Å². The molecule has 0 bridgehead atoms. The Morgan fingerprint density at radius 1 is 1.50 bits per heavy atom. The number of ketones is 1. The summed E-state index contributed by atoms with van der Waals surface area (Å²) >= 11 is 1.55. The molecule has 100 valence electrons. The monoisotopic (exact) mass is 266 g/mol. The van der Waals surface area contributed by atoms with Gasteiger partial charge in [0, 0.05) is 12.5 Å². The standard InChI is InChI=1S/C14H22N2OS/c1-16(12-6-8-15-9-7-12)10-2-4-13(17)14-5-3-11-18-14/h3,5,11-12,15H,2,4,6-10H2,1H3. The highest BCUT2D eigenvalue weighted by molar-refractivity contribution is 7.12. The number of carbonyl (C=O) groups is 1. The lowest BCUT2D eigenvalue weighted by atomic mass is 10.0. The van der Waals surface area contributed by atoms with Crippen LogP contribution in [-0.4, -0.2) is 43.4 Å². The zero-order valence-corrected chi connectivity index (χ0v) is 11.8. The fourth-order valence-corrected chi connectivity index (χ4v) is 3.17. The maximum atomic E-state index is 11.8. The third-order valence-corrected chi connectivity index (χ3v) is 4.55. The summed E-state index contributed by atoms with van der Waals surface area (Å²) in [6.07, 6.45) is 4.11. The van der Waals surface area contributed by atoms with Crippen molar-refractivity contribution in [2.24, 2.45) is 0 Å². The molecule has 0 atom stereocenters. The number of piperidine rings is 1. The maximum Gasteiger partial charge on any atom is 0.172 e. The molecule has 2 heterocycles. The fourth-order valence-electron chi connectivity index (χ4n) is 2.48. The normalized spacial score (nSPS) is 17.2. The summed E-state index contributed by atoms with van der Waals surface area (Å²) in [6.45, 7) is 3.29. The van der Waals surface area contributed by atoms with Gasteiger partial charge in [-0.25, -0.2) is 0 Å². The van der Waals surface area contributed by atoms with Gasteiger partial charge in [-0.2, -0.15) is 0 Å². The number of nitrogens with zero attached hydrogens (tertiary/aromatic N) is 1. The molecule has 0 radical (unpaired) electrons. The highest BCUT2D eigenvalue weighted by Gasteiger charge is 2.17. The first-order valence-corrected chi connectivity index (χ1v) is 7.63. The van der Waals surface area contributed by atoms with Crippen LogP contribution in [0.2, 0.25) is 0 Å². The number of hydrogen-bond donors (Lipinski definition) is 1. The molecule has 1 aliphatic rings. The Kier molecular flexibility index (Phi) is 5.35. The Bertz CT molecular complexity index is 358. The molecule has 1 fully saturated rings. The van der Waals surface area contributed by atoms with Gasteiger partial charge in [0.15, 0.2) is 5.78 Å².